The Morgan fingerprint density at radius 1 is 1.10 bits per heavy atom. The normalized spacial score (nSPS) is 18.3. The van der Waals surface area contributed by atoms with E-state index in [1.165, 1.54) is 0 Å². The summed E-state index contributed by atoms with van der Waals surface area (Å²) in [7, 11) is 0. The highest BCUT2D eigenvalue weighted by molar-refractivity contribution is 6.23. The summed E-state index contributed by atoms with van der Waals surface area (Å²) in [5.74, 6) is -1.49. The second kappa shape index (κ2) is 8.32. The molecular formula is C21H20N4O5. The fourth-order valence-electron chi connectivity index (χ4n) is 3.50. The minimum atomic E-state index is -0.963. The molecule has 0 bridgehead atoms. The number of nitrogens with one attached hydrogen (secondary N) is 2. The zero-order valence-electron chi connectivity index (χ0n) is 16.1. The summed E-state index contributed by atoms with van der Waals surface area (Å²) in [6.45, 7) is 1.08. The molecule has 4 amide bonds. The van der Waals surface area contributed by atoms with E-state index in [1.807, 2.05) is 12.1 Å². The molecule has 0 aliphatic carbocycles. The molecule has 1 unspecified atom stereocenters. The first-order chi connectivity index (χ1) is 14.5. The molecule has 0 saturated carbocycles. The van der Waals surface area contributed by atoms with Crippen molar-refractivity contribution in [2.75, 3.05) is 18.5 Å². The number of fused-ring (bicyclic) bond motifs is 1. The van der Waals surface area contributed by atoms with Crippen molar-refractivity contribution < 1.29 is 23.9 Å². The fourth-order valence-corrected chi connectivity index (χ4v) is 3.50. The second-order valence-electron chi connectivity index (χ2n) is 7.00. The number of hydrogen-bond donors (Lipinski definition) is 2. The average Bonchev–Trinajstić information content (AvgIpc) is 2.99. The van der Waals surface area contributed by atoms with Crippen LogP contribution in [0.25, 0.3) is 0 Å². The summed E-state index contributed by atoms with van der Waals surface area (Å²) < 4.78 is 5.53. The Morgan fingerprint density at radius 2 is 1.93 bits per heavy atom. The van der Waals surface area contributed by atoms with Crippen molar-refractivity contribution in [1.29, 1.82) is 0 Å². The number of hydrogen-bond acceptors (Lipinski definition) is 7. The molecule has 0 spiro atoms. The van der Waals surface area contributed by atoms with Crippen molar-refractivity contribution in [2.45, 2.75) is 25.3 Å². The quantitative estimate of drug-likeness (QED) is 0.525. The maximum atomic E-state index is 12.8. The first-order valence-electron chi connectivity index (χ1n) is 9.68. The number of carbonyl (C=O) groups excluding carboxylic acids is 4. The standard InChI is InChI=1S/C21H20N4O5/c26-17-8-7-16(19(27)24-17)25-20(28)14-6-5-13(12-15(14)21(25)29)22-10-3-11-30-18-4-1-2-9-23-18/h1-2,4-6,9,12,16,22H,3,7-8,10-11H2,(H,24,26,27). The molecule has 1 saturated heterocycles. The number of ether oxygens (including phenoxy) is 1. The molecule has 1 aromatic carbocycles. The number of nitrogens with zero attached hydrogens (tertiary/aromatic N) is 2. The number of rotatable bonds is 7. The van der Waals surface area contributed by atoms with Gasteiger partial charge in [0, 0.05) is 30.9 Å². The highest BCUT2D eigenvalue weighted by Crippen LogP contribution is 2.29. The van der Waals surface area contributed by atoms with E-state index in [4.69, 9.17) is 4.74 Å². The molecule has 9 nitrogen and oxygen atoms in total. The topological polar surface area (TPSA) is 118 Å². The van der Waals surface area contributed by atoms with Crippen LogP contribution in [-0.2, 0) is 9.59 Å². The van der Waals surface area contributed by atoms with Gasteiger partial charge in [-0.3, -0.25) is 29.4 Å². The molecule has 2 N–H and O–H groups in total. The number of imide groups is 2. The van der Waals surface area contributed by atoms with Crippen LogP contribution < -0.4 is 15.4 Å². The van der Waals surface area contributed by atoms with E-state index in [0.717, 1.165) is 4.90 Å². The van der Waals surface area contributed by atoms with Crippen molar-refractivity contribution in [3.63, 3.8) is 0 Å². The molecule has 4 rings (SSSR count). The summed E-state index contributed by atoms with van der Waals surface area (Å²) in [5, 5.41) is 5.38. The molecule has 1 aromatic heterocycles. The Labute approximate surface area is 172 Å². The molecule has 0 radical (unpaired) electrons. The SMILES string of the molecule is O=C1CCC(N2C(=O)c3ccc(NCCCOc4ccccn4)cc3C2=O)C(=O)N1. The van der Waals surface area contributed by atoms with Gasteiger partial charge >= 0.3 is 0 Å². The minimum absolute atomic E-state index is 0.0944. The molecule has 1 fully saturated rings. The van der Waals surface area contributed by atoms with E-state index in [1.54, 1.807) is 30.5 Å². The smallest absolute Gasteiger partial charge is 0.262 e. The Bertz CT molecular complexity index is 1010. The van der Waals surface area contributed by atoms with E-state index in [-0.39, 0.29) is 24.0 Å². The Kier molecular flexibility index (Phi) is 5.42. The Balaban J connectivity index is 1.36. The number of pyridine rings is 1. The van der Waals surface area contributed by atoms with Crippen LogP contribution in [0.3, 0.4) is 0 Å². The molecular weight excluding hydrogens is 388 g/mol. The van der Waals surface area contributed by atoms with Gasteiger partial charge in [0.05, 0.1) is 17.7 Å². The van der Waals surface area contributed by atoms with Gasteiger partial charge in [-0.25, -0.2) is 4.98 Å². The number of benzene rings is 1. The first-order valence-corrected chi connectivity index (χ1v) is 9.68. The number of carbonyl (C=O) groups is 4. The van der Waals surface area contributed by atoms with Gasteiger partial charge in [0.15, 0.2) is 0 Å². The lowest BCUT2D eigenvalue weighted by Crippen LogP contribution is -2.54. The first kappa shape index (κ1) is 19.6. The molecule has 30 heavy (non-hydrogen) atoms. The molecule has 1 atom stereocenters. The fraction of sp³-hybridized carbons (Fsp3) is 0.286. The Hall–Kier alpha value is -3.75. The van der Waals surface area contributed by atoms with Crippen molar-refractivity contribution in [3.05, 3.63) is 53.7 Å². The summed E-state index contributed by atoms with van der Waals surface area (Å²) in [6.07, 6.45) is 2.60. The molecule has 3 heterocycles. The van der Waals surface area contributed by atoms with Crippen molar-refractivity contribution in [2.24, 2.45) is 0 Å². The molecule has 2 aliphatic heterocycles. The largest absolute Gasteiger partial charge is 0.478 e. The average molecular weight is 408 g/mol. The lowest BCUT2D eigenvalue weighted by molar-refractivity contribution is -0.136. The van der Waals surface area contributed by atoms with Crippen LogP contribution in [0.4, 0.5) is 5.69 Å². The summed E-state index contributed by atoms with van der Waals surface area (Å²) >= 11 is 0. The van der Waals surface area contributed by atoms with E-state index >= 15 is 0 Å². The van der Waals surface area contributed by atoms with Crippen LogP contribution in [0.5, 0.6) is 5.88 Å². The zero-order valence-corrected chi connectivity index (χ0v) is 16.1. The number of anilines is 1. The van der Waals surface area contributed by atoms with Crippen molar-refractivity contribution in [3.8, 4) is 5.88 Å². The summed E-state index contributed by atoms with van der Waals surface area (Å²) in [6, 6.07) is 9.39. The van der Waals surface area contributed by atoms with Crippen LogP contribution in [0, 0.1) is 0 Å². The van der Waals surface area contributed by atoms with Crippen LogP contribution >= 0.6 is 0 Å². The lowest BCUT2D eigenvalue weighted by Gasteiger charge is -2.27. The third-order valence-corrected chi connectivity index (χ3v) is 4.98. The molecule has 2 aromatic rings. The monoisotopic (exact) mass is 408 g/mol. The third-order valence-electron chi connectivity index (χ3n) is 4.98. The predicted molar refractivity (Wildman–Crippen MR) is 106 cm³/mol. The zero-order chi connectivity index (χ0) is 21.1. The summed E-state index contributed by atoms with van der Waals surface area (Å²) in [5.41, 5.74) is 1.20. The predicted octanol–water partition coefficient (Wildman–Crippen LogP) is 1.36. The number of piperidine rings is 1. The van der Waals surface area contributed by atoms with Gasteiger partial charge in [-0.1, -0.05) is 6.07 Å². The van der Waals surface area contributed by atoms with Crippen LogP contribution in [-0.4, -0.2) is 52.7 Å². The number of amides is 4. The van der Waals surface area contributed by atoms with Gasteiger partial charge in [-0.2, -0.15) is 0 Å². The van der Waals surface area contributed by atoms with Crippen LogP contribution in [0.1, 0.15) is 40.0 Å². The molecule has 2 aliphatic rings. The second-order valence-corrected chi connectivity index (χ2v) is 7.00. The third kappa shape index (κ3) is 3.86. The lowest BCUT2D eigenvalue weighted by atomic mass is 10.0. The van der Waals surface area contributed by atoms with Gasteiger partial charge < -0.3 is 10.1 Å². The molecule has 9 heteroatoms. The van der Waals surface area contributed by atoms with Gasteiger partial charge in [0.1, 0.15) is 6.04 Å². The van der Waals surface area contributed by atoms with E-state index < -0.39 is 29.7 Å². The van der Waals surface area contributed by atoms with Gasteiger partial charge in [-0.15, -0.1) is 0 Å². The van der Waals surface area contributed by atoms with Gasteiger partial charge in [-0.05, 0) is 37.1 Å². The van der Waals surface area contributed by atoms with Gasteiger partial charge in [0.25, 0.3) is 11.8 Å². The van der Waals surface area contributed by atoms with E-state index in [9.17, 15) is 19.2 Å². The van der Waals surface area contributed by atoms with E-state index in [2.05, 4.69) is 15.6 Å². The maximum absolute atomic E-state index is 12.8. The Morgan fingerprint density at radius 3 is 2.70 bits per heavy atom. The highest BCUT2D eigenvalue weighted by atomic mass is 16.5. The van der Waals surface area contributed by atoms with Gasteiger partial charge in [0.2, 0.25) is 17.7 Å². The van der Waals surface area contributed by atoms with Crippen LogP contribution in [0.15, 0.2) is 42.6 Å². The maximum Gasteiger partial charge on any atom is 0.262 e. The van der Waals surface area contributed by atoms with Crippen LogP contribution in [0.2, 0.25) is 0 Å². The van der Waals surface area contributed by atoms with Crippen molar-refractivity contribution >= 4 is 29.3 Å². The molecule has 154 valence electrons. The van der Waals surface area contributed by atoms with E-state index in [0.29, 0.717) is 31.1 Å². The number of aromatic nitrogens is 1. The van der Waals surface area contributed by atoms with Crippen molar-refractivity contribution in [1.82, 2.24) is 15.2 Å². The minimum Gasteiger partial charge on any atom is -0.478 e. The highest BCUT2D eigenvalue weighted by Gasteiger charge is 2.44. The summed E-state index contributed by atoms with van der Waals surface area (Å²) in [4.78, 5) is 54.0.